The number of nitrogens with one attached hydrogen (secondary N) is 3. The maximum Gasteiger partial charge on any atom is 0.261 e. The normalized spacial score (nSPS) is 19.6. The molecule has 2 aromatic rings. The van der Waals surface area contributed by atoms with E-state index in [1.807, 2.05) is 0 Å². The first kappa shape index (κ1) is 21.2. The van der Waals surface area contributed by atoms with Gasteiger partial charge in [-0.25, -0.2) is 8.42 Å². The summed E-state index contributed by atoms with van der Waals surface area (Å²) in [5.74, 6) is -0.150. The lowest BCUT2D eigenvalue weighted by atomic mass is 9.99. The van der Waals surface area contributed by atoms with Crippen LogP contribution in [0.2, 0.25) is 0 Å². The fraction of sp³-hybridized carbons (Fsp3) is 0.316. The lowest BCUT2D eigenvalue weighted by Gasteiger charge is -2.30. The summed E-state index contributed by atoms with van der Waals surface area (Å²) in [6.45, 7) is 3.04. The van der Waals surface area contributed by atoms with Gasteiger partial charge < -0.3 is 10.6 Å². The van der Waals surface area contributed by atoms with E-state index in [-0.39, 0.29) is 35.3 Å². The van der Waals surface area contributed by atoms with Gasteiger partial charge >= 0.3 is 0 Å². The molecule has 146 valence electrons. The molecule has 6 nitrogen and oxygen atoms in total. The van der Waals surface area contributed by atoms with E-state index in [2.05, 4.69) is 22.3 Å². The zero-order valence-electron chi connectivity index (χ0n) is 15.0. The summed E-state index contributed by atoms with van der Waals surface area (Å²) >= 11 is 0. The second-order valence-corrected chi connectivity index (χ2v) is 8.14. The van der Waals surface area contributed by atoms with E-state index in [0.29, 0.717) is 11.3 Å². The fourth-order valence-electron chi connectivity index (χ4n) is 3.00. The summed E-state index contributed by atoms with van der Waals surface area (Å²) in [5.41, 5.74) is 0.920. The number of hydrogen-bond acceptors (Lipinski definition) is 4. The Kier molecular flexibility index (Phi) is 7.24. The second kappa shape index (κ2) is 9.21. The summed E-state index contributed by atoms with van der Waals surface area (Å²) in [6, 6.07) is 14.9. The maximum absolute atomic E-state index is 12.4. The third-order valence-corrected chi connectivity index (χ3v) is 5.93. The maximum atomic E-state index is 12.4. The van der Waals surface area contributed by atoms with Crippen molar-refractivity contribution in [2.24, 2.45) is 0 Å². The number of carbonyl (C=O) groups is 1. The van der Waals surface area contributed by atoms with Crippen molar-refractivity contribution in [3.8, 4) is 0 Å². The molecule has 3 N–H and O–H groups in total. The van der Waals surface area contributed by atoms with E-state index < -0.39 is 10.0 Å². The summed E-state index contributed by atoms with van der Waals surface area (Å²) in [5, 5.41) is 6.39. The monoisotopic (exact) mass is 409 g/mol. The topological polar surface area (TPSA) is 87.3 Å². The van der Waals surface area contributed by atoms with Crippen molar-refractivity contribution in [3.63, 3.8) is 0 Å². The first-order valence-corrected chi connectivity index (χ1v) is 10.2. The Hall–Kier alpha value is -2.09. The highest BCUT2D eigenvalue weighted by atomic mass is 35.5. The van der Waals surface area contributed by atoms with Crippen LogP contribution in [0.4, 0.5) is 5.69 Å². The van der Waals surface area contributed by atoms with Crippen LogP contribution in [-0.2, 0) is 10.0 Å². The average Bonchev–Trinajstić information content (AvgIpc) is 2.64. The quantitative estimate of drug-likeness (QED) is 0.708. The molecule has 2 unspecified atom stereocenters. The van der Waals surface area contributed by atoms with Gasteiger partial charge in [0.1, 0.15) is 0 Å². The molecule has 2 aromatic carbocycles. The Labute approximate surface area is 166 Å². The summed E-state index contributed by atoms with van der Waals surface area (Å²) in [7, 11) is -3.64. The molecule has 0 aromatic heterocycles. The molecular formula is C19H24ClN3O3S. The van der Waals surface area contributed by atoms with Gasteiger partial charge in [-0.05, 0) is 62.7 Å². The van der Waals surface area contributed by atoms with Crippen molar-refractivity contribution in [2.75, 3.05) is 11.3 Å². The van der Waals surface area contributed by atoms with E-state index in [9.17, 15) is 13.2 Å². The lowest BCUT2D eigenvalue weighted by Crippen LogP contribution is -2.51. The Bertz CT molecular complexity index is 858. The molecule has 2 atom stereocenters. The van der Waals surface area contributed by atoms with Crippen molar-refractivity contribution in [1.29, 1.82) is 0 Å². The highest BCUT2D eigenvalue weighted by Gasteiger charge is 2.22. The zero-order valence-corrected chi connectivity index (χ0v) is 16.6. The first-order chi connectivity index (χ1) is 12.5. The van der Waals surface area contributed by atoms with Crippen LogP contribution in [-0.4, -0.2) is 33.0 Å². The molecule has 1 saturated heterocycles. The molecule has 0 radical (unpaired) electrons. The summed E-state index contributed by atoms with van der Waals surface area (Å²) < 4.78 is 27.2. The SMILES string of the molecule is CC1NCCCC1NC(=O)c1ccc(NS(=O)(=O)c2ccccc2)cc1.Cl. The van der Waals surface area contributed by atoms with E-state index in [0.717, 1.165) is 19.4 Å². The number of sulfonamides is 1. The van der Waals surface area contributed by atoms with Gasteiger partial charge in [-0.1, -0.05) is 18.2 Å². The van der Waals surface area contributed by atoms with Gasteiger partial charge in [-0.3, -0.25) is 9.52 Å². The zero-order chi connectivity index (χ0) is 18.6. The van der Waals surface area contributed by atoms with Crippen LogP contribution in [0.3, 0.4) is 0 Å². The summed E-state index contributed by atoms with van der Waals surface area (Å²) in [4.78, 5) is 12.6. The number of halogens is 1. The van der Waals surface area contributed by atoms with Gasteiger partial charge in [0.2, 0.25) is 0 Å². The van der Waals surface area contributed by atoms with Gasteiger partial charge in [-0.2, -0.15) is 0 Å². The van der Waals surface area contributed by atoms with Crippen LogP contribution < -0.4 is 15.4 Å². The van der Waals surface area contributed by atoms with Crippen molar-refractivity contribution in [1.82, 2.24) is 10.6 Å². The number of rotatable bonds is 5. The van der Waals surface area contributed by atoms with E-state index in [1.165, 1.54) is 12.1 Å². The fourth-order valence-corrected chi connectivity index (χ4v) is 4.08. The van der Waals surface area contributed by atoms with Gasteiger partial charge in [0.05, 0.1) is 4.90 Å². The molecule has 1 amide bonds. The minimum atomic E-state index is -3.64. The molecular weight excluding hydrogens is 386 g/mol. The Balaban J connectivity index is 0.00000261. The van der Waals surface area contributed by atoms with Gasteiger partial charge in [0, 0.05) is 23.3 Å². The molecule has 1 fully saturated rings. The lowest BCUT2D eigenvalue weighted by molar-refractivity contribution is 0.0920. The minimum absolute atomic E-state index is 0. The first-order valence-electron chi connectivity index (χ1n) is 8.68. The molecule has 0 aliphatic carbocycles. The third kappa shape index (κ3) is 5.45. The minimum Gasteiger partial charge on any atom is -0.348 e. The average molecular weight is 410 g/mol. The summed E-state index contributed by atoms with van der Waals surface area (Å²) in [6.07, 6.45) is 1.99. The van der Waals surface area contributed by atoms with Crippen LogP contribution in [0.5, 0.6) is 0 Å². The molecule has 8 heteroatoms. The smallest absolute Gasteiger partial charge is 0.261 e. The molecule has 0 bridgehead atoms. The molecule has 3 rings (SSSR count). The van der Waals surface area contributed by atoms with Crippen LogP contribution >= 0.6 is 12.4 Å². The molecule has 1 aliphatic rings. The number of benzene rings is 2. The predicted octanol–water partition coefficient (Wildman–Crippen LogP) is 2.78. The molecule has 1 heterocycles. The van der Waals surface area contributed by atoms with Crippen molar-refractivity contribution >= 4 is 34.0 Å². The van der Waals surface area contributed by atoms with E-state index >= 15 is 0 Å². The molecule has 27 heavy (non-hydrogen) atoms. The number of amides is 1. The van der Waals surface area contributed by atoms with E-state index in [4.69, 9.17) is 0 Å². The number of anilines is 1. The Morgan fingerprint density at radius 2 is 1.74 bits per heavy atom. The van der Waals surface area contributed by atoms with E-state index in [1.54, 1.807) is 42.5 Å². The van der Waals surface area contributed by atoms with Crippen LogP contribution in [0.25, 0.3) is 0 Å². The largest absolute Gasteiger partial charge is 0.348 e. The number of piperidine rings is 1. The molecule has 0 spiro atoms. The van der Waals surface area contributed by atoms with Crippen molar-refractivity contribution in [3.05, 3.63) is 60.2 Å². The molecule has 0 saturated carbocycles. The Morgan fingerprint density at radius 3 is 2.37 bits per heavy atom. The Morgan fingerprint density at radius 1 is 1.07 bits per heavy atom. The van der Waals surface area contributed by atoms with Crippen molar-refractivity contribution in [2.45, 2.75) is 36.7 Å². The van der Waals surface area contributed by atoms with Crippen LogP contribution in [0.1, 0.15) is 30.1 Å². The predicted molar refractivity (Wildman–Crippen MR) is 109 cm³/mol. The second-order valence-electron chi connectivity index (χ2n) is 6.46. The molecule has 1 aliphatic heterocycles. The number of carbonyl (C=O) groups excluding carboxylic acids is 1. The van der Waals surface area contributed by atoms with Gasteiger partial charge in [0.25, 0.3) is 15.9 Å². The van der Waals surface area contributed by atoms with Gasteiger partial charge in [0.15, 0.2) is 0 Å². The standard InChI is InChI=1S/C19H23N3O3S.ClH/c1-14-18(8-5-13-20-14)21-19(23)15-9-11-16(12-10-15)22-26(24,25)17-6-3-2-4-7-17;/h2-4,6-7,9-12,14,18,20,22H,5,8,13H2,1H3,(H,21,23);1H. The van der Waals surface area contributed by atoms with Crippen LogP contribution in [0, 0.1) is 0 Å². The third-order valence-electron chi connectivity index (χ3n) is 4.53. The van der Waals surface area contributed by atoms with Crippen molar-refractivity contribution < 1.29 is 13.2 Å². The van der Waals surface area contributed by atoms with Gasteiger partial charge in [-0.15, -0.1) is 12.4 Å². The highest BCUT2D eigenvalue weighted by Crippen LogP contribution is 2.17. The van der Waals surface area contributed by atoms with Crippen LogP contribution in [0.15, 0.2) is 59.5 Å². The number of hydrogen-bond donors (Lipinski definition) is 3. The highest BCUT2D eigenvalue weighted by molar-refractivity contribution is 7.92.